The van der Waals surface area contributed by atoms with Crippen LogP contribution in [0, 0.1) is 17.8 Å². The van der Waals surface area contributed by atoms with Crippen molar-refractivity contribution in [1.82, 2.24) is 20.0 Å². The third-order valence-corrected chi connectivity index (χ3v) is 8.48. The van der Waals surface area contributed by atoms with Crippen LogP contribution >= 0.6 is 0 Å². The number of likely N-dealkylation sites (N-methyl/N-ethyl adjacent to an activating group) is 2. The maximum Gasteiger partial charge on any atom is 0.328 e. The molecule has 0 aromatic carbocycles. The van der Waals surface area contributed by atoms with Crippen molar-refractivity contribution in [2.75, 3.05) is 33.8 Å². The number of hydrogen-bond acceptors (Lipinski definition) is 6. The highest BCUT2D eigenvalue weighted by Gasteiger charge is 2.38. The molecule has 3 rings (SSSR count). The number of esters is 1. The number of ether oxygens (including phenoxy) is 1. The molecule has 220 valence electrons. The quantitative estimate of drug-likeness (QED) is 0.316. The Balaban J connectivity index is 1.70. The van der Waals surface area contributed by atoms with Gasteiger partial charge in [-0.2, -0.15) is 0 Å². The average molecular weight is 547 g/mol. The fourth-order valence-corrected chi connectivity index (χ4v) is 5.68. The van der Waals surface area contributed by atoms with Gasteiger partial charge < -0.3 is 19.9 Å². The number of rotatable bonds is 11. The highest BCUT2D eigenvalue weighted by atomic mass is 16.5. The minimum atomic E-state index is -0.660. The summed E-state index contributed by atoms with van der Waals surface area (Å²) < 4.78 is 5.49. The fourth-order valence-electron chi connectivity index (χ4n) is 5.68. The molecule has 3 fully saturated rings. The Kier molecular flexibility index (Phi) is 11.0. The molecule has 39 heavy (non-hydrogen) atoms. The van der Waals surface area contributed by atoms with Crippen LogP contribution in [0.5, 0.6) is 0 Å². The van der Waals surface area contributed by atoms with Gasteiger partial charge in [0.25, 0.3) is 0 Å². The number of nitrogens with zero attached hydrogens (tertiary/aromatic N) is 3. The van der Waals surface area contributed by atoms with Crippen LogP contribution in [0.3, 0.4) is 0 Å². The van der Waals surface area contributed by atoms with Crippen molar-refractivity contribution in [3.8, 4) is 0 Å². The minimum Gasteiger partial charge on any atom is -0.464 e. The lowest BCUT2D eigenvalue weighted by molar-refractivity contribution is -0.152. The molecular formula is C30H50N4O5. The van der Waals surface area contributed by atoms with Crippen molar-refractivity contribution in [1.29, 1.82) is 0 Å². The lowest BCUT2D eigenvalue weighted by Crippen LogP contribution is -2.57. The van der Waals surface area contributed by atoms with Crippen LogP contribution in [-0.4, -0.2) is 96.3 Å². The number of carbonyl (C=O) groups excluding carboxylic acids is 4. The Morgan fingerprint density at radius 3 is 2.21 bits per heavy atom. The van der Waals surface area contributed by atoms with Crippen LogP contribution in [0.4, 0.5) is 0 Å². The van der Waals surface area contributed by atoms with Crippen molar-refractivity contribution >= 4 is 23.7 Å². The molecule has 2 heterocycles. The summed E-state index contributed by atoms with van der Waals surface area (Å²) in [6.45, 7) is 11.5. The van der Waals surface area contributed by atoms with Gasteiger partial charge in [0, 0.05) is 19.2 Å². The van der Waals surface area contributed by atoms with E-state index in [9.17, 15) is 19.2 Å². The van der Waals surface area contributed by atoms with E-state index >= 15 is 0 Å². The maximum absolute atomic E-state index is 13.7. The van der Waals surface area contributed by atoms with E-state index in [1.165, 1.54) is 0 Å². The topological polar surface area (TPSA) is 99.3 Å². The number of piperidine rings is 1. The Bertz CT molecular complexity index is 928. The fraction of sp³-hybridized carbons (Fsp3) is 0.800. The molecule has 2 aliphatic heterocycles. The lowest BCUT2D eigenvalue weighted by Gasteiger charge is -2.36. The van der Waals surface area contributed by atoms with Crippen molar-refractivity contribution in [2.24, 2.45) is 17.8 Å². The van der Waals surface area contributed by atoms with Gasteiger partial charge in [-0.3, -0.25) is 19.3 Å². The summed E-state index contributed by atoms with van der Waals surface area (Å²) in [5.41, 5.74) is 0.504. The SMILES string of the molecule is CC(=C[C@H](C(C)C)N(C)C(=O)[C@@H](NC(=O)C1CCCCN1C)C(C)C)C(=O)N1CCC[C@H]1C(=O)OCC1CC1. The van der Waals surface area contributed by atoms with Gasteiger partial charge in [0.2, 0.25) is 17.7 Å². The second-order valence-corrected chi connectivity index (χ2v) is 12.5. The summed E-state index contributed by atoms with van der Waals surface area (Å²) in [4.78, 5) is 58.3. The Morgan fingerprint density at radius 1 is 0.949 bits per heavy atom. The second kappa shape index (κ2) is 13.8. The van der Waals surface area contributed by atoms with E-state index in [-0.39, 0.29) is 47.6 Å². The molecule has 4 atom stereocenters. The largest absolute Gasteiger partial charge is 0.464 e. The monoisotopic (exact) mass is 546 g/mol. The predicted molar refractivity (Wildman–Crippen MR) is 151 cm³/mol. The summed E-state index contributed by atoms with van der Waals surface area (Å²) in [7, 11) is 3.70. The van der Waals surface area contributed by atoms with Gasteiger partial charge >= 0.3 is 5.97 Å². The number of amides is 3. The summed E-state index contributed by atoms with van der Waals surface area (Å²) in [5, 5.41) is 3.04. The van der Waals surface area contributed by atoms with Crippen LogP contribution in [0.1, 0.15) is 79.6 Å². The summed E-state index contributed by atoms with van der Waals surface area (Å²) in [6, 6.07) is -1.77. The van der Waals surface area contributed by atoms with Gasteiger partial charge in [-0.25, -0.2) is 4.79 Å². The van der Waals surface area contributed by atoms with Crippen molar-refractivity contribution in [3.63, 3.8) is 0 Å². The molecule has 1 aliphatic carbocycles. The molecule has 0 aromatic heterocycles. The zero-order chi connectivity index (χ0) is 28.9. The van der Waals surface area contributed by atoms with Crippen molar-refractivity contribution in [2.45, 2.75) is 104 Å². The molecule has 0 aromatic rings. The molecule has 1 unspecified atom stereocenters. The van der Waals surface area contributed by atoms with Crippen molar-refractivity contribution < 1.29 is 23.9 Å². The lowest BCUT2D eigenvalue weighted by atomic mass is 9.96. The van der Waals surface area contributed by atoms with E-state index in [1.54, 1.807) is 23.8 Å². The highest BCUT2D eigenvalue weighted by molar-refractivity contribution is 5.96. The van der Waals surface area contributed by atoms with Crippen LogP contribution < -0.4 is 5.32 Å². The average Bonchev–Trinajstić information content (AvgIpc) is 3.60. The van der Waals surface area contributed by atoms with Gasteiger partial charge in [-0.1, -0.05) is 40.2 Å². The Labute approximate surface area is 234 Å². The number of hydrogen-bond donors (Lipinski definition) is 1. The maximum atomic E-state index is 13.7. The molecule has 0 bridgehead atoms. The first-order chi connectivity index (χ1) is 18.4. The van der Waals surface area contributed by atoms with E-state index in [4.69, 9.17) is 4.74 Å². The van der Waals surface area contributed by atoms with E-state index < -0.39 is 12.1 Å². The molecule has 9 nitrogen and oxygen atoms in total. The molecule has 0 radical (unpaired) electrons. The molecular weight excluding hydrogens is 496 g/mol. The Morgan fingerprint density at radius 2 is 1.62 bits per heavy atom. The zero-order valence-corrected chi connectivity index (χ0v) is 25.1. The van der Waals surface area contributed by atoms with Crippen LogP contribution in [-0.2, 0) is 23.9 Å². The van der Waals surface area contributed by atoms with E-state index in [2.05, 4.69) is 10.2 Å². The molecule has 2 saturated heterocycles. The summed E-state index contributed by atoms with van der Waals surface area (Å²) in [5.74, 6) is -0.362. The first-order valence-electron chi connectivity index (χ1n) is 14.9. The first kappa shape index (κ1) is 31.1. The zero-order valence-electron chi connectivity index (χ0n) is 25.1. The molecule has 0 spiro atoms. The first-order valence-corrected chi connectivity index (χ1v) is 14.9. The number of carbonyl (C=O) groups is 4. The number of likely N-dealkylation sites (tertiary alicyclic amines) is 2. The van der Waals surface area contributed by atoms with Crippen LogP contribution in [0.25, 0.3) is 0 Å². The van der Waals surface area contributed by atoms with E-state index in [1.807, 2.05) is 40.8 Å². The normalized spacial score (nSPS) is 24.0. The Hall–Kier alpha value is -2.42. The third kappa shape index (κ3) is 8.05. The van der Waals surface area contributed by atoms with Gasteiger partial charge in [0.15, 0.2) is 0 Å². The number of nitrogens with one attached hydrogen (secondary N) is 1. The second-order valence-electron chi connectivity index (χ2n) is 12.5. The highest BCUT2D eigenvalue weighted by Crippen LogP contribution is 2.30. The van der Waals surface area contributed by atoms with E-state index in [0.717, 1.165) is 45.1 Å². The van der Waals surface area contributed by atoms with Crippen molar-refractivity contribution in [3.05, 3.63) is 11.6 Å². The molecule has 9 heteroatoms. The summed E-state index contributed by atoms with van der Waals surface area (Å²) in [6.07, 6.45) is 8.29. The standard InChI is InChI=1S/C30H50N4O5/c1-19(2)25(17-21(5)28(36)34-16-10-12-24(34)30(38)39-18-22-13-14-22)33(7)29(37)26(20(3)4)31-27(35)23-11-8-9-15-32(23)6/h17,19-20,22-26H,8-16,18H2,1-7H3,(H,31,35)/t23?,24-,25+,26-/m0/s1. The molecule has 1 saturated carbocycles. The summed E-state index contributed by atoms with van der Waals surface area (Å²) >= 11 is 0. The van der Waals surface area contributed by atoms with Crippen LogP contribution in [0.2, 0.25) is 0 Å². The third-order valence-electron chi connectivity index (χ3n) is 8.48. The minimum absolute atomic E-state index is 0.0348. The predicted octanol–water partition coefficient (Wildman–Crippen LogP) is 2.99. The van der Waals surface area contributed by atoms with Gasteiger partial charge in [-0.05, 0) is 76.8 Å². The molecule has 1 N–H and O–H groups in total. The van der Waals surface area contributed by atoms with Gasteiger partial charge in [-0.15, -0.1) is 0 Å². The molecule has 3 aliphatic rings. The van der Waals surface area contributed by atoms with Gasteiger partial charge in [0.1, 0.15) is 12.1 Å². The van der Waals surface area contributed by atoms with Gasteiger partial charge in [0.05, 0.1) is 18.7 Å². The molecule has 3 amide bonds. The van der Waals surface area contributed by atoms with E-state index in [0.29, 0.717) is 31.1 Å². The smallest absolute Gasteiger partial charge is 0.328 e. The van der Waals surface area contributed by atoms with Crippen LogP contribution in [0.15, 0.2) is 11.6 Å².